The van der Waals surface area contributed by atoms with Gasteiger partial charge in [-0.3, -0.25) is 4.79 Å². The lowest BCUT2D eigenvalue weighted by molar-refractivity contribution is -0.115. The maximum absolute atomic E-state index is 12.6. The highest BCUT2D eigenvalue weighted by Gasteiger charge is 2.17. The molecule has 3 heteroatoms. The molecule has 0 aliphatic heterocycles. The molecule has 2 nitrogen and oxygen atoms in total. The zero-order valence-corrected chi connectivity index (χ0v) is 15.3. The smallest absolute Gasteiger partial charge is 0.237 e. The summed E-state index contributed by atoms with van der Waals surface area (Å²) in [5.74, 6) is 0.428. The minimum Gasteiger partial charge on any atom is -0.325 e. The van der Waals surface area contributed by atoms with Gasteiger partial charge in [0.15, 0.2) is 0 Å². The molecule has 0 heterocycles. The first-order chi connectivity index (χ1) is 10.9. The molecule has 2 aromatic carbocycles. The third-order valence-corrected chi connectivity index (χ3v) is 4.99. The number of para-hydroxylation sites is 1. The van der Waals surface area contributed by atoms with Crippen LogP contribution in [0.5, 0.6) is 0 Å². The van der Waals surface area contributed by atoms with Crippen LogP contribution < -0.4 is 5.32 Å². The average Bonchev–Trinajstić information content (AvgIpc) is 2.51. The molecule has 1 N–H and O–H groups in total. The summed E-state index contributed by atoms with van der Waals surface area (Å²) < 4.78 is 0. The Labute approximate surface area is 143 Å². The van der Waals surface area contributed by atoms with Gasteiger partial charge in [0.2, 0.25) is 5.91 Å². The Bertz CT molecular complexity index is 677. The molecule has 0 aromatic heterocycles. The van der Waals surface area contributed by atoms with E-state index in [1.54, 1.807) is 11.8 Å². The molecule has 0 aliphatic rings. The molecule has 0 spiro atoms. The lowest BCUT2D eigenvalue weighted by Gasteiger charge is -2.18. The number of hydrogen-bond acceptors (Lipinski definition) is 2. The third-order valence-electron chi connectivity index (χ3n) is 3.88. The molecule has 2 aromatic rings. The second kappa shape index (κ2) is 7.69. The fraction of sp³-hybridized carbons (Fsp3) is 0.350. The largest absolute Gasteiger partial charge is 0.325 e. The summed E-state index contributed by atoms with van der Waals surface area (Å²) in [5, 5.41) is 2.99. The van der Waals surface area contributed by atoms with Crippen LogP contribution in [-0.4, -0.2) is 11.2 Å². The molecule has 0 saturated carbocycles. The second-order valence-electron chi connectivity index (χ2n) is 6.26. The van der Waals surface area contributed by atoms with Gasteiger partial charge in [0.25, 0.3) is 0 Å². The number of aryl methyl sites for hydroxylation is 2. The number of rotatable bonds is 5. The van der Waals surface area contributed by atoms with E-state index in [-0.39, 0.29) is 11.2 Å². The van der Waals surface area contributed by atoms with Crippen molar-refractivity contribution < 1.29 is 4.79 Å². The zero-order valence-electron chi connectivity index (χ0n) is 14.5. The van der Waals surface area contributed by atoms with Crippen molar-refractivity contribution in [2.45, 2.75) is 50.7 Å². The fourth-order valence-electron chi connectivity index (χ4n) is 2.44. The molecule has 1 atom stereocenters. The van der Waals surface area contributed by atoms with Gasteiger partial charge in [-0.15, -0.1) is 11.8 Å². The van der Waals surface area contributed by atoms with Crippen molar-refractivity contribution in [1.82, 2.24) is 0 Å². The molecule has 0 bridgehead atoms. The van der Waals surface area contributed by atoms with Crippen LogP contribution in [0.3, 0.4) is 0 Å². The average molecular weight is 327 g/mol. The Balaban J connectivity index is 2.11. The van der Waals surface area contributed by atoms with Gasteiger partial charge in [0, 0.05) is 10.6 Å². The molecule has 0 saturated heterocycles. The highest BCUT2D eigenvalue weighted by Crippen LogP contribution is 2.29. The van der Waals surface area contributed by atoms with E-state index >= 15 is 0 Å². The summed E-state index contributed by atoms with van der Waals surface area (Å²) in [6.07, 6.45) is 0. The summed E-state index contributed by atoms with van der Waals surface area (Å²) >= 11 is 1.59. The maximum atomic E-state index is 12.6. The van der Waals surface area contributed by atoms with E-state index in [4.69, 9.17) is 0 Å². The SMILES string of the molecule is Cc1ccc(S[C@@H](C)C(=O)Nc2c(C)cccc2C(C)C)cc1. The Hall–Kier alpha value is -1.74. The number of carbonyl (C=O) groups excluding carboxylic acids is 1. The fourth-order valence-corrected chi connectivity index (χ4v) is 3.31. The zero-order chi connectivity index (χ0) is 17.0. The molecule has 0 aliphatic carbocycles. The highest BCUT2D eigenvalue weighted by atomic mass is 32.2. The Morgan fingerprint density at radius 1 is 1.00 bits per heavy atom. The molecule has 2 rings (SSSR count). The summed E-state index contributed by atoms with van der Waals surface area (Å²) in [4.78, 5) is 13.7. The minimum atomic E-state index is -0.141. The number of amides is 1. The molecule has 0 fully saturated rings. The van der Waals surface area contributed by atoms with Crippen molar-refractivity contribution in [1.29, 1.82) is 0 Å². The van der Waals surface area contributed by atoms with E-state index in [0.717, 1.165) is 16.1 Å². The lowest BCUT2D eigenvalue weighted by atomic mass is 9.98. The van der Waals surface area contributed by atoms with Crippen molar-refractivity contribution in [3.8, 4) is 0 Å². The van der Waals surface area contributed by atoms with Crippen molar-refractivity contribution in [3.63, 3.8) is 0 Å². The number of carbonyl (C=O) groups is 1. The number of hydrogen-bond donors (Lipinski definition) is 1. The van der Waals surface area contributed by atoms with Gasteiger partial charge in [-0.05, 0) is 49.9 Å². The normalized spacial score (nSPS) is 12.3. The first kappa shape index (κ1) is 17.6. The first-order valence-electron chi connectivity index (χ1n) is 8.02. The van der Waals surface area contributed by atoms with Gasteiger partial charge in [0.1, 0.15) is 0 Å². The van der Waals surface area contributed by atoms with Gasteiger partial charge < -0.3 is 5.32 Å². The standard InChI is InChI=1S/C20H25NOS/c1-13(2)18-8-6-7-15(4)19(18)21-20(22)16(5)23-17-11-9-14(3)10-12-17/h6-13,16H,1-5H3,(H,21,22)/t16-/m0/s1. The summed E-state index contributed by atoms with van der Waals surface area (Å²) in [7, 11) is 0. The number of anilines is 1. The monoisotopic (exact) mass is 327 g/mol. The van der Waals surface area contributed by atoms with Gasteiger partial charge in [-0.1, -0.05) is 49.7 Å². The van der Waals surface area contributed by atoms with Crippen LogP contribution >= 0.6 is 11.8 Å². The van der Waals surface area contributed by atoms with Crippen molar-refractivity contribution >= 4 is 23.4 Å². The van der Waals surface area contributed by atoms with Crippen LogP contribution in [-0.2, 0) is 4.79 Å². The van der Waals surface area contributed by atoms with E-state index in [1.165, 1.54) is 11.1 Å². The lowest BCUT2D eigenvalue weighted by Crippen LogP contribution is -2.23. The molecule has 122 valence electrons. The van der Waals surface area contributed by atoms with Gasteiger partial charge in [0.05, 0.1) is 5.25 Å². The Morgan fingerprint density at radius 2 is 1.65 bits per heavy atom. The molecule has 1 amide bonds. The predicted molar refractivity (Wildman–Crippen MR) is 100 cm³/mol. The summed E-state index contributed by atoms with van der Waals surface area (Å²) in [6, 6.07) is 14.5. The van der Waals surface area contributed by atoms with Gasteiger partial charge in [-0.2, -0.15) is 0 Å². The van der Waals surface area contributed by atoms with Crippen molar-refractivity contribution in [2.75, 3.05) is 5.32 Å². The van der Waals surface area contributed by atoms with E-state index in [1.807, 2.05) is 26.0 Å². The number of benzene rings is 2. The van der Waals surface area contributed by atoms with E-state index in [0.29, 0.717) is 5.92 Å². The highest BCUT2D eigenvalue weighted by molar-refractivity contribution is 8.00. The van der Waals surface area contributed by atoms with Crippen LogP contribution in [0.4, 0.5) is 5.69 Å². The Morgan fingerprint density at radius 3 is 2.26 bits per heavy atom. The molecule has 0 unspecified atom stereocenters. The van der Waals surface area contributed by atoms with Crippen LogP contribution in [0.25, 0.3) is 0 Å². The van der Waals surface area contributed by atoms with E-state index in [2.05, 4.69) is 56.4 Å². The number of nitrogens with one attached hydrogen (secondary N) is 1. The molecule has 23 heavy (non-hydrogen) atoms. The third kappa shape index (κ3) is 4.61. The van der Waals surface area contributed by atoms with Crippen molar-refractivity contribution in [2.24, 2.45) is 0 Å². The molecular weight excluding hydrogens is 302 g/mol. The summed E-state index contributed by atoms with van der Waals surface area (Å²) in [6.45, 7) is 10.4. The predicted octanol–water partition coefficient (Wildman–Crippen LogP) is 5.55. The first-order valence-corrected chi connectivity index (χ1v) is 8.90. The van der Waals surface area contributed by atoms with Crippen LogP contribution in [0, 0.1) is 13.8 Å². The van der Waals surface area contributed by atoms with E-state index in [9.17, 15) is 4.79 Å². The maximum Gasteiger partial charge on any atom is 0.237 e. The number of thioether (sulfide) groups is 1. The van der Waals surface area contributed by atoms with Crippen LogP contribution in [0.1, 0.15) is 43.4 Å². The quantitative estimate of drug-likeness (QED) is 0.730. The Kier molecular flexibility index (Phi) is 5.89. The van der Waals surface area contributed by atoms with Gasteiger partial charge in [-0.25, -0.2) is 0 Å². The molecule has 0 radical (unpaired) electrons. The van der Waals surface area contributed by atoms with E-state index < -0.39 is 0 Å². The van der Waals surface area contributed by atoms with Gasteiger partial charge >= 0.3 is 0 Å². The minimum absolute atomic E-state index is 0.0479. The second-order valence-corrected chi connectivity index (χ2v) is 7.67. The molecular formula is C20H25NOS. The van der Waals surface area contributed by atoms with Crippen LogP contribution in [0.15, 0.2) is 47.4 Å². The topological polar surface area (TPSA) is 29.1 Å². The van der Waals surface area contributed by atoms with Crippen LogP contribution in [0.2, 0.25) is 0 Å². The van der Waals surface area contributed by atoms with Crippen molar-refractivity contribution in [3.05, 3.63) is 59.2 Å². The summed E-state index contributed by atoms with van der Waals surface area (Å²) in [5.41, 5.74) is 4.49.